The molecule has 0 atom stereocenters. The molecule has 0 spiro atoms. The molecule has 4 N–H and O–H groups in total. The van der Waals surface area contributed by atoms with Gasteiger partial charge >= 0.3 is 0 Å². The first kappa shape index (κ1) is 14.9. The van der Waals surface area contributed by atoms with Crippen LogP contribution in [0.2, 0.25) is 0 Å². The van der Waals surface area contributed by atoms with E-state index < -0.39 is 17.5 Å². The molecule has 0 saturated heterocycles. The number of furan rings is 1. The number of fused-ring (bicyclic) bond motifs is 2. The zero-order valence-electron chi connectivity index (χ0n) is 12.8. The Bertz CT molecular complexity index is 1140. The Labute approximate surface area is 140 Å². The van der Waals surface area contributed by atoms with Crippen molar-refractivity contribution in [1.82, 2.24) is 4.98 Å². The van der Waals surface area contributed by atoms with E-state index in [0.29, 0.717) is 33.1 Å². The van der Waals surface area contributed by atoms with Crippen LogP contribution in [-0.2, 0) is 0 Å². The number of phenols is 1. The smallest absolute Gasteiger partial charge is 0.286 e. The summed E-state index contributed by atoms with van der Waals surface area (Å²) in [5.41, 5.74) is 6.87. The number of nitrogens with zero attached hydrogens (tertiary/aromatic N) is 1. The third-order valence-electron chi connectivity index (χ3n) is 3.93. The van der Waals surface area contributed by atoms with Crippen molar-refractivity contribution in [1.29, 1.82) is 0 Å². The molecule has 0 unspecified atom stereocenters. The number of primary amides is 1. The molecule has 7 heteroatoms. The van der Waals surface area contributed by atoms with Crippen LogP contribution in [0.5, 0.6) is 5.75 Å². The number of benzene rings is 2. The van der Waals surface area contributed by atoms with E-state index in [9.17, 15) is 14.3 Å². The van der Waals surface area contributed by atoms with Crippen molar-refractivity contribution < 1.29 is 18.7 Å². The van der Waals surface area contributed by atoms with E-state index in [1.807, 2.05) is 0 Å². The van der Waals surface area contributed by atoms with Crippen LogP contribution in [0.15, 0.2) is 53.2 Å². The van der Waals surface area contributed by atoms with E-state index in [2.05, 4.69) is 10.3 Å². The number of carbonyl (C=O) groups excluding carboxylic acids is 1. The number of pyridine rings is 1. The third-order valence-corrected chi connectivity index (χ3v) is 3.93. The molecule has 124 valence electrons. The SMILES string of the molecule is NC(=O)c1oc2cnccc2c1Nc1ccc2c(O)c(F)ccc2c1. The van der Waals surface area contributed by atoms with Crippen LogP contribution in [0.3, 0.4) is 0 Å². The van der Waals surface area contributed by atoms with Gasteiger partial charge in [-0.25, -0.2) is 4.39 Å². The highest BCUT2D eigenvalue weighted by Gasteiger charge is 2.19. The first-order valence-electron chi connectivity index (χ1n) is 7.39. The Balaban J connectivity index is 1.84. The monoisotopic (exact) mass is 337 g/mol. The summed E-state index contributed by atoms with van der Waals surface area (Å²) in [6.45, 7) is 0. The topological polar surface area (TPSA) is 101 Å². The molecule has 0 radical (unpaired) electrons. The van der Waals surface area contributed by atoms with Crippen molar-refractivity contribution in [2.24, 2.45) is 5.73 Å². The number of phenolic OH excluding ortho intramolecular Hbond substituents is 1. The molecule has 0 aliphatic heterocycles. The number of hydrogen-bond acceptors (Lipinski definition) is 5. The van der Waals surface area contributed by atoms with Crippen LogP contribution in [0.4, 0.5) is 15.8 Å². The van der Waals surface area contributed by atoms with Crippen molar-refractivity contribution in [2.75, 3.05) is 5.32 Å². The van der Waals surface area contributed by atoms with Gasteiger partial charge in [-0.15, -0.1) is 0 Å². The normalized spacial score (nSPS) is 11.1. The number of aromatic nitrogens is 1. The minimum atomic E-state index is -0.709. The minimum Gasteiger partial charge on any atom is -0.504 e. The van der Waals surface area contributed by atoms with Gasteiger partial charge in [0.05, 0.1) is 11.9 Å². The molecule has 25 heavy (non-hydrogen) atoms. The van der Waals surface area contributed by atoms with E-state index in [-0.39, 0.29) is 5.76 Å². The number of hydrogen-bond donors (Lipinski definition) is 3. The van der Waals surface area contributed by atoms with Gasteiger partial charge in [-0.1, -0.05) is 6.07 Å². The van der Waals surface area contributed by atoms with Gasteiger partial charge in [0.15, 0.2) is 17.1 Å². The highest BCUT2D eigenvalue weighted by atomic mass is 19.1. The number of aromatic hydroxyl groups is 1. The zero-order chi connectivity index (χ0) is 17.6. The van der Waals surface area contributed by atoms with E-state index in [0.717, 1.165) is 0 Å². The second kappa shape index (κ2) is 5.48. The molecule has 6 nitrogen and oxygen atoms in total. The van der Waals surface area contributed by atoms with Crippen molar-refractivity contribution in [3.8, 4) is 5.75 Å². The highest BCUT2D eigenvalue weighted by molar-refractivity contribution is 6.06. The average molecular weight is 337 g/mol. The van der Waals surface area contributed by atoms with E-state index in [1.54, 1.807) is 36.5 Å². The summed E-state index contributed by atoms with van der Waals surface area (Å²) >= 11 is 0. The van der Waals surface area contributed by atoms with Gasteiger partial charge in [0.1, 0.15) is 0 Å². The summed E-state index contributed by atoms with van der Waals surface area (Å²) in [5, 5.41) is 14.6. The molecule has 0 fully saturated rings. The van der Waals surface area contributed by atoms with Gasteiger partial charge < -0.3 is 20.6 Å². The van der Waals surface area contributed by atoms with Crippen LogP contribution in [0.25, 0.3) is 21.7 Å². The molecule has 1 amide bonds. The largest absolute Gasteiger partial charge is 0.504 e. The number of amides is 1. The molecule has 4 rings (SSSR count). The number of nitrogens with two attached hydrogens (primary N) is 1. The van der Waals surface area contributed by atoms with Gasteiger partial charge in [-0.2, -0.15) is 0 Å². The Hall–Kier alpha value is -3.61. The lowest BCUT2D eigenvalue weighted by Gasteiger charge is -2.08. The average Bonchev–Trinajstić information content (AvgIpc) is 2.97. The van der Waals surface area contributed by atoms with Crippen molar-refractivity contribution in [3.05, 3.63) is 60.4 Å². The number of carbonyl (C=O) groups is 1. The van der Waals surface area contributed by atoms with Gasteiger partial charge in [0, 0.05) is 22.7 Å². The summed E-state index contributed by atoms with van der Waals surface area (Å²) < 4.78 is 18.9. The Kier molecular flexibility index (Phi) is 3.28. The van der Waals surface area contributed by atoms with Crippen LogP contribution in [0, 0.1) is 5.82 Å². The molecule has 2 heterocycles. The molecular weight excluding hydrogens is 325 g/mol. The second-order valence-electron chi connectivity index (χ2n) is 5.50. The van der Waals surface area contributed by atoms with E-state index >= 15 is 0 Å². The summed E-state index contributed by atoms with van der Waals surface area (Å²) in [6.07, 6.45) is 3.07. The molecule has 0 aliphatic rings. The standard InChI is InChI=1S/C18H12FN3O3/c19-13-4-1-9-7-10(2-3-11(9)16(13)23)22-15-12-5-6-21-8-14(12)25-17(15)18(20)24/h1-8,22-23H,(H2,20,24). The van der Waals surface area contributed by atoms with Crippen LogP contribution in [0.1, 0.15) is 10.6 Å². The maximum atomic E-state index is 13.4. The predicted octanol–water partition coefficient (Wildman–Crippen LogP) is 3.67. The first-order valence-corrected chi connectivity index (χ1v) is 7.39. The molecule has 0 aliphatic carbocycles. The zero-order valence-corrected chi connectivity index (χ0v) is 12.8. The second-order valence-corrected chi connectivity index (χ2v) is 5.50. The molecule has 2 aromatic heterocycles. The fourth-order valence-corrected chi connectivity index (χ4v) is 2.76. The lowest BCUT2D eigenvalue weighted by atomic mass is 10.1. The van der Waals surface area contributed by atoms with Crippen molar-refractivity contribution in [2.45, 2.75) is 0 Å². The molecule has 0 saturated carbocycles. The molecule has 4 aromatic rings. The number of halogens is 1. The summed E-state index contributed by atoms with van der Waals surface area (Å²) in [6, 6.07) is 9.42. The summed E-state index contributed by atoms with van der Waals surface area (Å²) in [4.78, 5) is 15.6. The van der Waals surface area contributed by atoms with Crippen molar-refractivity contribution in [3.63, 3.8) is 0 Å². The number of nitrogens with one attached hydrogen (secondary N) is 1. The van der Waals surface area contributed by atoms with Crippen LogP contribution >= 0.6 is 0 Å². The fourth-order valence-electron chi connectivity index (χ4n) is 2.76. The Morgan fingerprint density at radius 3 is 2.84 bits per heavy atom. The highest BCUT2D eigenvalue weighted by Crippen LogP contribution is 2.35. The third kappa shape index (κ3) is 2.42. The summed E-state index contributed by atoms with van der Waals surface area (Å²) in [7, 11) is 0. The molecule has 0 bridgehead atoms. The van der Waals surface area contributed by atoms with E-state index in [1.165, 1.54) is 12.3 Å². The fraction of sp³-hybridized carbons (Fsp3) is 0. The predicted molar refractivity (Wildman–Crippen MR) is 91.4 cm³/mol. The minimum absolute atomic E-state index is 0.00921. The maximum Gasteiger partial charge on any atom is 0.286 e. The van der Waals surface area contributed by atoms with Crippen molar-refractivity contribution >= 4 is 39.0 Å². The number of rotatable bonds is 3. The first-order chi connectivity index (χ1) is 12.0. The number of anilines is 2. The van der Waals surface area contributed by atoms with Gasteiger partial charge in [-0.05, 0) is 35.7 Å². The van der Waals surface area contributed by atoms with Gasteiger partial charge in [0.25, 0.3) is 5.91 Å². The molecule has 2 aromatic carbocycles. The van der Waals surface area contributed by atoms with Gasteiger partial charge in [0.2, 0.25) is 5.76 Å². The Morgan fingerprint density at radius 2 is 2.04 bits per heavy atom. The van der Waals surface area contributed by atoms with E-state index in [4.69, 9.17) is 10.2 Å². The van der Waals surface area contributed by atoms with Crippen LogP contribution < -0.4 is 11.1 Å². The molecular formula is C18H12FN3O3. The Morgan fingerprint density at radius 1 is 1.20 bits per heavy atom. The summed E-state index contributed by atoms with van der Waals surface area (Å²) in [5.74, 6) is -1.80. The lowest BCUT2D eigenvalue weighted by Crippen LogP contribution is -2.11. The van der Waals surface area contributed by atoms with Crippen LogP contribution in [-0.4, -0.2) is 16.0 Å². The quantitative estimate of drug-likeness (QED) is 0.529. The maximum absolute atomic E-state index is 13.4. The van der Waals surface area contributed by atoms with Gasteiger partial charge in [-0.3, -0.25) is 9.78 Å². The lowest BCUT2D eigenvalue weighted by molar-refractivity contribution is 0.0977.